The molecule has 1 aliphatic heterocycles. The first-order chi connectivity index (χ1) is 13.2. The van der Waals surface area contributed by atoms with Crippen molar-refractivity contribution in [2.45, 2.75) is 25.7 Å². The van der Waals surface area contributed by atoms with Crippen LogP contribution in [0.4, 0.5) is 5.82 Å². The fourth-order valence-electron chi connectivity index (χ4n) is 3.34. The van der Waals surface area contributed by atoms with E-state index in [1.165, 1.54) is 0 Å². The van der Waals surface area contributed by atoms with Crippen molar-refractivity contribution in [2.75, 3.05) is 11.9 Å². The van der Waals surface area contributed by atoms with E-state index in [9.17, 15) is 4.79 Å². The summed E-state index contributed by atoms with van der Waals surface area (Å²) in [5.41, 5.74) is 2.88. The highest BCUT2D eigenvalue weighted by Crippen LogP contribution is 2.38. The molecule has 0 aliphatic carbocycles. The number of hydrogen-bond acceptors (Lipinski definition) is 3. The molecule has 0 saturated carbocycles. The Bertz CT molecular complexity index is 966. The van der Waals surface area contributed by atoms with E-state index in [2.05, 4.69) is 17.3 Å². The number of rotatable bonds is 5. The van der Waals surface area contributed by atoms with Crippen LogP contribution in [0.2, 0.25) is 5.02 Å². The molecule has 2 heterocycles. The number of fused-ring (bicyclic) bond motifs is 1. The van der Waals surface area contributed by atoms with Crippen LogP contribution in [0.5, 0.6) is 5.75 Å². The molecular weight excluding hydrogens is 362 g/mol. The van der Waals surface area contributed by atoms with E-state index < -0.39 is 0 Å². The van der Waals surface area contributed by atoms with Gasteiger partial charge in [-0.3, -0.25) is 4.79 Å². The molecule has 1 unspecified atom stereocenters. The van der Waals surface area contributed by atoms with Crippen molar-refractivity contribution in [3.63, 3.8) is 0 Å². The lowest BCUT2D eigenvalue weighted by Crippen LogP contribution is -2.24. The van der Waals surface area contributed by atoms with Gasteiger partial charge in [0.15, 0.2) is 0 Å². The molecule has 1 N–H and O–H groups in total. The van der Waals surface area contributed by atoms with Gasteiger partial charge in [0.2, 0.25) is 5.91 Å². The van der Waals surface area contributed by atoms with Crippen LogP contribution in [0.3, 0.4) is 0 Å². The minimum absolute atomic E-state index is 0.0254. The topological polar surface area (TPSA) is 56.1 Å². The number of nitrogens with one attached hydrogen (secondary N) is 1. The summed E-state index contributed by atoms with van der Waals surface area (Å²) in [7, 11) is 0. The lowest BCUT2D eigenvalue weighted by atomic mass is 9.87. The van der Waals surface area contributed by atoms with E-state index in [4.69, 9.17) is 16.3 Å². The number of halogens is 1. The molecule has 0 spiro atoms. The molecule has 0 bridgehead atoms. The van der Waals surface area contributed by atoms with Gasteiger partial charge in [0.1, 0.15) is 11.6 Å². The first-order valence-corrected chi connectivity index (χ1v) is 9.40. The van der Waals surface area contributed by atoms with Gasteiger partial charge in [-0.25, -0.2) is 4.68 Å². The van der Waals surface area contributed by atoms with Crippen LogP contribution in [0, 0.1) is 0 Å². The molecule has 3 aromatic rings. The van der Waals surface area contributed by atoms with E-state index >= 15 is 0 Å². The first-order valence-electron chi connectivity index (χ1n) is 9.02. The van der Waals surface area contributed by atoms with Gasteiger partial charge >= 0.3 is 0 Å². The summed E-state index contributed by atoms with van der Waals surface area (Å²) >= 11 is 6.11. The summed E-state index contributed by atoms with van der Waals surface area (Å²) in [5, 5.41) is 8.08. The van der Waals surface area contributed by atoms with E-state index in [-0.39, 0.29) is 11.8 Å². The van der Waals surface area contributed by atoms with Crippen LogP contribution in [0.1, 0.15) is 36.8 Å². The molecule has 138 valence electrons. The van der Waals surface area contributed by atoms with Crippen LogP contribution >= 0.6 is 11.6 Å². The fourth-order valence-corrected chi connectivity index (χ4v) is 3.52. The van der Waals surface area contributed by atoms with E-state index in [1.807, 2.05) is 54.7 Å². The van der Waals surface area contributed by atoms with Crippen LogP contribution in [-0.2, 0) is 4.79 Å². The fraction of sp³-hybridized carbons (Fsp3) is 0.238. The van der Waals surface area contributed by atoms with Gasteiger partial charge in [0.25, 0.3) is 0 Å². The maximum Gasteiger partial charge on any atom is 0.226 e. The highest BCUT2D eigenvalue weighted by atomic mass is 35.5. The maximum absolute atomic E-state index is 12.4. The van der Waals surface area contributed by atoms with Gasteiger partial charge in [0, 0.05) is 22.9 Å². The smallest absolute Gasteiger partial charge is 0.226 e. The number of carbonyl (C=O) groups excluding carboxylic acids is 1. The van der Waals surface area contributed by atoms with Crippen molar-refractivity contribution in [1.29, 1.82) is 0 Å². The van der Waals surface area contributed by atoms with Crippen molar-refractivity contribution >= 4 is 23.3 Å². The van der Waals surface area contributed by atoms with Crippen molar-refractivity contribution in [3.05, 3.63) is 70.9 Å². The number of anilines is 1. The predicted octanol–water partition coefficient (Wildman–Crippen LogP) is 4.79. The quantitative estimate of drug-likeness (QED) is 0.691. The largest absolute Gasteiger partial charge is 0.494 e. The normalized spacial score (nSPS) is 15.9. The van der Waals surface area contributed by atoms with Crippen LogP contribution < -0.4 is 10.1 Å². The number of aromatic nitrogens is 2. The minimum Gasteiger partial charge on any atom is -0.494 e. The number of carbonyl (C=O) groups is 1. The molecule has 27 heavy (non-hydrogen) atoms. The van der Waals surface area contributed by atoms with Crippen LogP contribution in [-0.4, -0.2) is 22.3 Å². The van der Waals surface area contributed by atoms with Gasteiger partial charge in [-0.15, -0.1) is 0 Å². The zero-order valence-corrected chi connectivity index (χ0v) is 15.7. The third-order valence-corrected chi connectivity index (χ3v) is 4.86. The lowest BCUT2D eigenvalue weighted by Gasteiger charge is -2.24. The lowest BCUT2D eigenvalue weighted by molar-refractivity contribution is -0.116. The summed E-state index contributed by atoms with van der Waals surface area (Å²) in [6.07, 6.45) is 3.18. The van der Waals surface area contributed by atoms with Gasteiger partial charge in [0.05, 0.1) is 18.5 Å². The Kier molecular flexibility index (Phi) is 4.86. The average molecular weight is 382 g/mol. The van der Waals surface area contributed by atoms with E-state index in [1.54, 1.807) is 4.68 Å². The zero-order chi connectivity index (χ0) is 18.8. The van der Waals surface area contributed by atoms with Gasteiger partial charge in [-0.05, 0) is 42.3 Å². The molecule has 1 aromatic heterocycles. The number of ether oxygens (including phenoxy) is 1. The molecule has 0 radical (unpaired) electrons. The number of amides is 1. The summed E-state index contributed by atoms with van der Waals surface area (Å²) < 4.78 is 7.38. The second kappa shape index (κ2) is 7.45. The van der Waals surface area contributed by atoms with E-state index in [0.717, 1.165) is 29.0 Å². The summed E-state index contributed by atoms with van der Waals surface area (Å²) in [6.45, 7) is 2.77. The molecule has 5 nitrogen and oxygen atoms in total. The number of hydrogen-bond donors (Lipinski definition) is 1. The monoisotopic (exact) mass is 381 g/mol. The SMILES string of the molecule is CCCOc1ccc(C2CC(=O)Nc3c2cnn3-c2cccc(Cl)c2)cc1. The second-order valence-electron chi connectivity index (χ2n) is 6.56. The first kappa shape index (κ1) is 17.6. The highest BCUT2D eigenvalue weighted by molar-refractivity contribution is 6.30. The highest BCUT2D eigenvalue weighted by Gasteiger charge is 2.30. The molecule has 1 aliphatic rings. The number of benzene rings is 2. The minimum atomic E-state index is -0.0399. The summed E-state index contributed by atoms with van der Waals surface area (Å²) in [5.74, 6) is 1.48. The van der Waals surface area contributed by atoms with Gasteiger partial charge < -0.3 is 10.1 Å². The summed E-state index contributed by atoms with van der Waals surface area (Å²) in [6, 6.07) is 15.4. The van der Waals surface area contributed by atoms with Gasteiger partial charge in [-0.2, -0.15) is 5.10 Å². The Morgan fingerprint density at radius 2 is 2.07 bits per heavy atom. The van der Waals surface area contributed by atoms with Gasteiger partial charge in [-0.1, -0.05) is 36.7 Å². The van der Waals surface area contributed by atoms with Crippen LogP contribution in [0.25, 0.3) is 5.69 Å². The second-order valence-corrected chi connectivity index (χ2v) is 7.00. The van der Waals surface area contributed by atoms with Crippen molar-refractivity contribution in [1.82, 2.24) is 9.78 Å². The molecule has 0 saturated heterocycles. The average Bonchev–Trinajstić information content (AvgIpc) is 3.10. The Balaban J connectivity index is 1.69. The Morgan fingerprint density at radius 1 is 1.26 bits per heavy atom. The molecule has 1 amide bonds. The zero-order valence-electron chi connectivity index (χ0n) is 15.0. The third-order valence-electron chi connectivity index (χ3n) is 4.63. The predicted molar refractivity (Wildman–Crippen MR) is 106 cm³/mol. The molecule has 0 fully saturated rings. The van der Waals surface area contributed by atoms with Crippen molar-refractivity contribution < 1.29 is 9.53 Å². The Hall–Kier alpha value is -2.79. The molecule has 1 atom stereocenters. The van der Waals surface area contributed by atoms with Crippen LogP contribution in [0.15, 0.2) is 54.7 Å². The maximum atomic E-state index is 12.4. The Morgan fingerprint density at radius 3 is 2.81 bits per heavy atom. The standard InChI is InChI=1S/C21H20ClN3O2/c1-2-10-27-17-8-6-14(7-9-17)18-12-20(26)24-21-19(18)13-23-25(21)16-5-3-4-15(22)11-16/h3-9,11,13,18H,2,10,12H2,1H3,(H,24,26). The molecular formula is C21H20ClN3O2. The van der Waals surface area contributed by atoms with Crippen molar-refractivity contribution in [2.24, 2.45) is 0 Å². The molecule has 4 rings (SSSR count). The van der Waals surface area contributed by atoms with Crippen molar-refractivity contribution in [3.8, 4) is 11.4 Å². The third kappa shape index (κ3) is 3.55. The van der Waals surface area contributed by atoms with E-state index in [0.29, 0.717) is 23.9 Å². The summed E-state index contributed by atoms with van der Waals surface area (Å²) in [4.78, 5) is 12.4. The number of nitrogens with zero attached hydrogens (tertiary/aromatic N) is 2. The Labute approximate surface area is 162 Å². The molecule has 6 heteroatoms. The molecule has 2 aromatic carbocycles.